The van der Waals surface area contributed by atoms with Crippen molar-refractivity contribution in [3.63, 3.8) is 0 Å². The van der Waals surface area contributed by atoms with E-state index in [0.29, 0.717) is 5.41 Å². The first-order valence-electron chi connectivity index (χ1n) is 7.20. The van der Waals surface area contributed by atoms with Crippen molar-refractivity contribution in [2.24, 2.45) is 5.41 Å². The summed E-state index contributed by atoms with van der Waals surface area (Å²) in [4.78, 5) is 6.08. The van der Waals surface area contributed by atoms with Gasteiger partial charge in [-0.2, -0.15) is 0 Å². The molecule has 0 saturated carbocycles. The lowest BCUT2D eigenvalue weighted by atomic mass is 9.79. The van der Waals surface area contributed by atoms with Gasteiger partial charge < -0.3 is 5.32 Å². The van der Waals surface area contributed by atoms with Crippen molar-refractivity contribution >= 4 is 11.3 Å². The molecule has 0 amide bonds. The highest BCUT2D eigenvalue weighted by atomic mass is 32.1. The van der Waals surface area contributed by atoms with Gasteiger partial charge in [-0.1, -0.05) is 20.8 Å². The van der Waals surface area contributed by atoms with Crippen LogP contribution in [0, 0.1) is 19.3 Å². The molecule has 0 radical (unpaired) electrons. The molecule has 1 heterocycles. The minimum Gasteiger partial charge on any atom is -0.316 e. The molecular weight excluding hydrogens is 240 g/mol. The van der Waals surface area contributed by atoms with Crippen molar-refractivity contribution in [1.29, 1.82) is 0 Å². The van der Waals surface area contributed by atoms with Crippen molar-refractivity contribution in [1.82, 2.24) is 10.3 Å². The maximum Gasteiger partial charge on any atom is 0.0936 e. The van der Waals surface area contributed by atoms with Gasteiger partial charge in [-0.3, -0.25) is 0 Å². The fourth-order valence-electron chi connectivity index (χ4n) is 2.28. The summed E-state index contributed by atoms with van der Waals surface area (Å²) in [5, 5.41) is 4.91. The fourth-order valence-corrected chi connectivity index (χ4v) is 3.39. The van der Waals surface area contributed by atoms with Crippen molar-refractivity contribution < 1.29 is 0 Å². The molecule has 0 unspecified atom stereocenters. The van der Waals surface area contributed by atoms with E-state index in [4.69, 9.17) is 4.98 Å². The lowest BCUT2D eigenvalue weighted by Gasteiger charge is -2.31. The number of rotatable bonds is 8. The van der Waals surface area contributed by atoms with E-state index in [2.05, 4.69) is 39.9 Å². The quantitative estimate of drug-likeness (QED) is 0.718. The Morgan fingerprint density at radius 3 is 2.28 bits per heavy atom. The van der Waals surface area contributed by atoms with Crippen molar-refractivity contribution in [3.05, 3.63) is 15.6 Å². The molecule has 18 heavy (non-hydrogen) atoms. The Labute approximate surface area is 116 Å². The van der Waals surface area contributed by atoms with E-state index in [9.17, 15) is 0 Å². The zero-order valence-corrected chi connectivity index (χ0v) is 13.4. The molecule has 0 spiro atoms. The highest BCUT2D eigenvalue weighted by Gasteiger charge is 2.27. The third-order valence-corrected chi connectivity index (χ3v) is 5.10. The van der Waals surface area contributed by atoms with Gasteiger partial charge in [0, 0.05) is 17.8 Å². The van der Waals surface area contributed by atoms with Crippen LogP contribution in [0.2, 0.25) is 0 Å². The Balaban J connectivity index is 2.71. The molecule has 0 saturated heterocycles. The third-order valence-electron chi connectivity index (χ3n) is 4.03. The number of aryl methyl sites for hydroxylation is 2. The van der Waals surface area contributed by atoms with Gasteiger partial charge in [-0.05, 0) is 45.1 Å². The first-order valence-corrected chi connectivity index (χ1v) is 8.02. The van der Waals surface area contributed by atoms with E-state index in [1.807, 2.05) is 11.3 Å². The zero-order valence-electron chi connectivity index (χ0n) is 12.6. The Bertz CT molecular complexity index is 334. The SMILES string of the molecule is CCCNCC(CC)(CC)Cc1nc(C)c(C)s1. The highest BCUT2D eigenvalue weighted by Crippen LogP contribution is 2.32. The Morgan fingerprint density at radius 1 is 1.17 bits per heavy atom. The van der Waals surface area contributed by atoms with Crippen LogP contribution in [-0.4, -0.2) is 18.1 Å². The molecule has 1 aromatic rings. The summed E-state index contributed by atoms with van der Waals surface area (Å²) < 4.78 is 0. The second-order valence-electron chi connectivity index (χ2n) is 5.31. The molecule has 0 atom stereocenters. The van der Waals surface area contributed by atoms with Crippen molar-refractivity contribution in [3.8, 4) is 0 Å². The number of thiazole rings is 1. The second kappa shape index (κ2) is 7.25. The van der Waals surface area contributed by atoms with Gasteiger partial charge in [0.05, 0.1) is 10.7 Å². The largest absolute Gasteiger partial charge is 0.316 e. The number of nitrogens with zero attached hydrogens (tertiary/aromatic N) is 1. The van der Waals surface area contributed by atoms with Crippen molar-refractivity contribution in [2.45, 2.75) is 60.3 Å². The Kier molecular flexibility index (Phi) is 6.30. The normalized spacial score (nSPS) is 12.1. The molecule has 1 N–H and O–H groups in total. The van der Waals surface area contributed by atoms with Crippen LogP contribution in [0.25, 0.3) is 0 Å². The van der Waals surface area contributed by atoms with Crippen LogP contribution in [0.3, 0.4) is 0 Å². The smallest absolute Gasteiger partial charge is 0.0936 e. The summed E-state index contributed by atoms with van der Waals surface area (Å²) in [6, 6.07) is 0. The minimum absolute atomic E-state index is 0.381. The molecule has 0 aliphatic heterocycles. The molecular formula is C15H28N2S. The number of aromatic nitrogens is 1. The summed E-state index contributed by atoms with van der Waals surface area (Å²) in [6.07, 6.45) is 4.77. The summed E-state index contributed by atoms with van der Waals surface area (Å²) in [7, 11) is 0. The molecule has 104 valence electrons. The van der Waals surface area contributed by atoms with Crippen LogP contribution < -0.4 is 5.32 Å². The van der Waals surface area contributed by atoms with Gasteiger partial charge in [0.2, 0.25) is 0 Å². The van der Waals surface area contributed by atoms with Crippen LogP contribution in [-0.2, 0) is 6.42 Å². The van der Waals surface area contributed by atoms with Gasteiger partial charge in [-0.25, -0.2) is 4.98 Å². The van der Waals surface area contributed by atoms with E-state index < -0.39 is 0 Å². The maximum atomic E-state index is 4.71. The van der Waals surface area contributed by atoms with Crippen LogP contribution in [0.15, 0.2) is 0 Å². The number of hydrogen-bond donors (Lipinski definition) is 1. The van der Waals surface area contributed by atoms with Crippen molar-refractivity contribution in [2.75, 3.05) is 13.1 Å². The van der Waals surface area contributed by atoms with E-state index in [0.717, 1.165) is 19.5 Å². The standard InChI is InChI=1S/C15H28N2S/c1-6-9-16-11-15(7-2,8-3)10-14-17-12(4)13(5)18-14/h16H,6-11H2,1-5H3. The predicted molar refractivity (Wildman–Crippen MR) is 81.5 cm³/mol. The molecule has 1 rings (SSSR count). The fraction of sp³-hybridized carbons (Fsp3) is 0.800. The molecule has 1 aromatic heterocycles. The second-order valence-corrected chi connectivity index (χ2v) is 6.60. The monoisotopic (exact) mass is 268 g/mol. The van der Waals surface area contributed by atoms with Crippen LogP contribution >= 0.6 is 11.3 Å². The molecule has 3 heteroatoms. The average Bonchev–Trinajstić information content (AvgIpc) is 2.67. The predicted octanol–water partition coefficient (Wildman–Crippen LogP) is 4.11. The summed E-state index contributed by atoms with van der Waals surface area (Å²) in [5.74, 6) is 0. The highest BCUT2D eigenvalue weighted by molar-refractivity contribution is 7.11. The summed E-state index contributed by atoms with van der Waals surface area (Å²) in [5.41, 5.74) is 1.59. The summed E-state index contributed by atoms with van der Waals surface area (Å²) >= 11 is 1.87. The van der Waals surface area contributed by atoms with Gasteiger partial charge in [0.25, 0.3) is 0 Å². The lowest BCUT2D eigenvalue weighted by molar-refractivity contribution is 0.246. The Hall–Kier alpha value is -0.410. The number of nitrogens with one attached hydrogen (secondary N) is 1. The average molecular weight is 268 g/mol. The molecule has 0 fully saturated rings. The maximum absolute atomic E-state index is 4.71. The van der Waals surface area contributed by atoms with Crippen LogP contribution in [0.5, 0.6) is 0 Å². The van der Waals surface area contributed by atoms with E-state index in [1.165, 1.54) is 34.8 Å². The van der Waals surface area contributed by atoms with Gasteiger partial charge >= 0.3 is 0 Å². The summed E-state index contributed by atoms with van der Waals surface area (Å²) in [6.45, 7) is 13.4. The zero-order chi connectivity index (χ0) is 13.6. The third kappa shape index (κ3) is 4.06. The molecule has 0 bridgehead atoms. The van der Waals surface area contributed by atoms with Gasteiger partial charge in [0.1, 0.15) is 0 Å². The number of hydrogen-bond acceptors (Lipinski definition) is 3. The van der Waals surface area contributed by atoms with Crippen LogP contribution in [0.4, 0.5) is 0 Å². The topological polar surface area (TPSA) is 24.9 Å². The van der Waals surface area contributed by atoms with Crippen LogP contribution in [0.1, 0.15) is 55.6 Å². The minimum atomic E-state index is 0.381. The lowest BCUT2D eigenvalue weighted by Crippen LogP contribution is -2.35. The van der Waals surface area contributed by atoms with E-state index >= 15 is 0 Å². The Morgan fingerprint density at radius 2 is 1.83 bits per heavy atom. The molecule has 0 aromatic carbocycles. The first-order chi connectivity index (χ1) is 8.56. The molecule has 0 aliphatic rings. The molecule has 0 aliphatic carbocycles. The van der Waals surface area contributed by atoms with Gasteiger partial charge in [0.15, 0.2) is 0 Å². The van der Waals surface area contributed by atoms with Gasteiger partial charge in [-0.15, -0.1) is 11.3 Å². The van der Waals surface area contributed by atoms with E-state index in [1.54, 1.807) is 0 Å². The molecule has 2 nitrogen and oxygen atoms in total. The first kappa shape index (κ1) is 15.6. The van der Waals surface area contributed by atoms with E-state index in [-0.39, 0.29) is 0 Å².